The summed E-state index contributed by atoms with van der Waals surface area (Å²) in [4.78, 5) is 14.3. The lowest BCUT2D eigenvalue weighted by molar-refractivity contribution is -0.149. The first-order valence-electron chi connectivity index (χ1n) is 8.64. The molecule has 1 heterocycles. The zero-order chi connectivity index (χ0) is 16.6. The van der Waals surface area contributed by atoms with Crippen molar-refractivity contribution in [1.82, 2.24) is 4.90 Å². The van der Waals surface area contributed by atoms with Gasteiger partial charge in [0.25, 0.3) is 0 Å². The molecule has 126 valence electrons. The van der Waals surface area contributed by atoms with Crippen molar-refractivity contribution in [3.63, 3.8) is 0 Å². The summed E-state index contributed by atoms with van der Waals surface area (Å²) in [6.45, 7) is 5.71. The van der Waals surface area contributed by atoms with E-state index in [4.69, 9.17) is 11.6 Å². The second-order valence-electron chi connectivity index (χ2n) is 7.43. The van der Waals surface area contributed by atoms with E-state index in [1.54, 1.807) is 0 Å². The zero-order valence-electron chi connectivity index (χ0n) is 14.0. The van der Waals surface area contributed by atoms with Gasteiger partial charge in [0.15, 0.2) is 0 Å². The van der Waals surface area contributed by atoms with Gasteiger partial charge in [-0.15, -0.1) is 0 Å². The number of carbonyl (C=O) groups is 1. The number of hydrogen-bond donors (Lipinski definition) is 1. The normalized spacial score (nSPS) is 23.8. The van der Waals surface area contributed by atoms with Gasteiger partial charge in [-0.2, -0.15) is 0 Å². The van der Waals surface area contributed by atoms with Crippen molar-refractivity contribution >= 4 is 17.5 Å². The minimum Gasteiger partial charge on any atom is -0.396 e. The number of rotatable bonds is 4. The fraction of sp³-hybridized carbons (Fsp3) is 0.632. The lowest BCUT2D eigenvalue weighted by atomic mass is 9.76. The summed E-state index contributed by atoms with van der Waals surface area (Å²) in [5.41, 5.74) is 2.83. The van der Waals surface area contributed by atoms with Crippen LogP contribution < -0.4 is 0 Å². The van der Waals surface area contributed by atoms with Crippen molar-refractivity contribution in [2.24, 2.45) is 11.3 Å². The standard InChI is InChI=1S/C19H26ClNO2/c1-3-14(10-22)18(23)21-11-19(12-21)7-6-16(9-19)15-4-5-17(20)13(2)8-15/h4-5,8,14,16,22H,3,6-7,9-12H2,1-2H3/t14-,16+/m1/s1. The molecule has 1 saturated carbocycles. The fourth-order valence-corrected chi connectivity index (χ4v) is 4.38. The van der Waals surface area contributed by atoms with Gasteiger partial charge in [0.05, 0.1) is 12.5 Å². The number of carbonyl (C=O) groups excluding carboxylic acids is 1. The van der Waals surface area contributed by atoms with E-state index in [0.717, 1.165) is 30.1 Å². The molecule has 0 bridgehead atoms. The minimum absolute atomic E-state index is 0.0362. The van der Waals surface area contributed by atoms with E-state index in [2.05, 4.69) is 19.1 Å². The highest BCUT2D eigenvalue weighted by Gasteiger charge is 2.50. The molecule has 1 aromatic rings. The number of aliphatic hydroxyl groups excluding tert-OH is 1. The maximum Gasteiger partial charge on any atom is 0.228 e. The third-order valence-electron chi connectivity index (χ3n) is 5.78. The molecular weight excluding hydrogens is 310 g/mol. The number of hydrogen-bond acceptors (Lipinski definition) is 2. The smallest absolute Gasteiger partial charge is 0.228 e. The number of likely N-dealkylation sites (tertiary alicyclic amines) is 1. The summed E-state index contributed by atoms with van der Waals surface area (Å²) in [5, 5.41) is 10.1. The van der Waals surface area contributed by atoms with E-state index in [0.29, 0.717) is 17.8 Å². The number of halogens is 1. The molecule has 23 heavy (non-hydrogen) atoms. The Bertz CT molecular complexity index is 591. The van der Waals surface area contributed by atoms with Crippen LogP contribution in [0.2, 0.25) is 5.02 Å². The van der Waals surface area contributed by atoms with Gasteiger partial charge in [-0.1, -0.05) is 30.7 Å². The number of benzene rings is 1. The number of aliphatic hydroxyl groups is 1. The van der Waals surface area contributed by atoms with Gasteiger partial charge in [0.2, 0.25) is 5.91 Å². The zero-order valence-corrected chi connectivity index (χ0v) is 14.8. The summed E-state index contributed by atoms with van der Waals surface area (Å²) in [6, 6.07) is 6.37. The van der Waals surface area contributed by atoms with Crippen molar-refractivity contribution in [3.8, 4) is 0 Å². The Hall–Kier alpha value is -1.06. The Morgan fingerprint density at radius 3 is 2.83 bits per heavy atom. The van der Waals surface area contributed by atoms with Crippen LogP contribution in [0, 0.1) is 18.3 Å². The molecule has 1 N–H and O–H groups in total. The van der Waals surface area contributed by atoms with Crippen LogP contribution in [0.4, 0.5) is 0 Å². The highest BCUT2D eigenvalue weighted by Crippen LogP contribution is 2.52. The first-order chi connectivity index (χ1) is 11.0. The lowest BCUT2D eigenvalue weighted by Gasteiger charge is -2.49. The molecule has 4 heteroatoms. The number of nitrogens with zero attached hydrogens (tertiary/aromatic N) is 1. The monoisotopic (exact) mass is 335 g/mol. The molecule has 0 aromatic heterocycles. The van der Waals surface area contributed by atoms with Gasteiger partial charge >= 0.3 is 0 Å². The van der Waals surface area contributed by atoms with Gasteiger partial charge in [-0.3, -0.25) is 4.79 Å². The van der Waals surface area contributed by atoms with E-state index >= 15 is 0 Å². The van der Waals surface area contributed by atoms with Crippen molar-refractivity contribution in [2.45, 2.75) is 45.4 Å². The molecule has 1 aliphatic heterocycles. The van der Waals surface area contributed by atoms with Gasteiger partial charge in [-0.25, -0.2) is 0 Å². The molecule has 3 nitrogen and oxygen atoms in total. The SMILES string of the molecule is CC[C@H](CO)C(=O)N1CC2(CC[C@H](c3ccc(Cl)c(C)c3)C2)C1. The Kier molecular flexibility index (Phi) is 4.70. The highest BCUT2D eigenvalue weighted by molar-refractivity contribution is 6.31. The van der Waals surface area contributed by atoms with Gasteiger partial charge < -0.3 is 10.0 Å². The number of aryl methyl sites for hydroxylation is 1. The topological polar surface area (TPSA) is 40.5 Å². The third-order valence-corrected chi connectivity index (χ3v) is 6.21. The molecule has 2 atom stereocenters. The maximum atomic E-state index is 12.3. The van der Waals surface area contributed by atoms with Crippen molar-refractivity contribution < 1.29 is 9.90 Å². The largest absolute Gasteiger partial charge is 0.396 e. The predicted molar refractivity (Wildman–Crippen MR) is 92.7 cm³/mol. The molecular formula is C19H26ClNO2. The van der Waals surface area contributed by atoms with E-state index in [-0.39, 0.29) is 18.4 Å². The molecule has 3 rings (SSSR count). The lowest BCUT2D eigenvalue weighted by Crippen LogP contribution is -2.58. The van der Waals surface area contributed by atoms with Crippen LogP contribution in [0.3, 0.4) is 0 Å². The first kappa shape index (κ1) is 16.8. The van der Waals surface area contributed by atoms with Gasteiger partial charge in [-0.05, 0) is 55.7 Å². The molecule has 1 amide bonds. The van der Waals surface area contributed by atoms with Crippen LogP contribution in [0.25, 0.3) is 0 Å². The average Bonchev–Trinajstić information content (AvgIpc) is 2.95. The molecule has 0 unspecified atom stereocenters. The number of amides is 1. The van der Waals surface area contributed by atoms with Crippen LogP contribution in [-0.4, -0.2) is 35.6 Å². The first-order valence-corrected chi connectivity index (χ1v) is 9.01. The summed E-state index contributed by atoms with van der Waals surface area (Å²) in [7, 11) is 0. The molecule has 1 saturated heterocycles. The van der Waals surface area contributed by atoms with E-state index in [9.17, 15) is 9.90 Å². The van der Waals surface area contributed by atoms with Crippen molar-refractivity contribution in [3.05, 3.63) is 34.3 Å². The highest BCUT2D eigenvalue weighted by atomic mass is 35.5. The Balaban J connectivity index is 1.61. The van der Waals surface area contributed by atoms with Gasteiger partial charge in [0.1, 0.15) is 0 Å². The van der Waals surface area contributed by atoms with Crippen LogP contribution in [0.5, 0.6) is 0 Å². The third kappa shape index (κ3) is 3.14. The quantitative estimate of drug-likeness (QED) is 0.910. The van der Waals surface area contributed by atoms with Crippen LogP contribution in [0.1, 0.15) is 49.7 Å². The molecule has 2 aliphatic rings. The van der Waals surface area contributed by atoms with E-state index < -0.39 is 0 Å². The van der Waals surface area contributed by atoms with Gasteiger partial charge in [0, 0.05) is 23.5 Å². The molecule has 0 radical (unpaired) electrons. The molecule has 1 aromatic carbocycles. The van der Waals surface area contributed by atoms with E-state index in [1.807, 2.05) is 17.9 Å². The Labute approximate surface area is 143 Å². The van der Waals surface area contributed by atoms with E-state index in [1.165, 1.54) is 18.4 Å². The van der Waals surface area contributed by atoms with Crippen LogP contribution >= 0.6 is 11.6 Å². The van der Waals surface area contributed by atoms with Crippen molar-refractivity contribution in [1.29, 1.82) is 0 Å². The minimum atomic E-state index is -0.219. The fourth-order valence-electron chi connectivity index (χ4n) is 4.26. The summed E-state index contributed by atoms with van der Waals surface area (Å²) in [5.74, 6) is 0.498. The summed E-state index contributed by atoms with van der Waals surface area (Å²) in [6.07, 6.45) is 4.26. The second-order valence-corrected chi connectivity index (χ2v) is 7.84. The molecule has 1 aliphatic carbocycles. The van der Waals surface area contributed by atoms with Crippen molar-refractivity contribution in [2.75, 3.05) is 19.7 Å². The van der Waals surface area contributed by atoms with Crippen LogP contribution in [0.15, 0.2) is 18.2 Å². The average molecular weight is 336 g/mol. The molecule has 1 spiro atoms. The van der Waals surface area contributed by atoms with Crippen LogP contribution in [-0.2, 0) is 4.79 Å². The summed E-state index contributed by atoms with van der Waals surface area (Å²) >= 11 is 6.13. The second kappa shape index (κ2) is 6.45. The Morgan fingerprint density at radius 2 is 2.22 bits per heavy atom. The Morgan fingerprint density at radius 1 is 1.48 bits per heavy atom. The molecule has 2 fully saturated rings. The predicted octanol–water partition coefficient (Wildman–Crippen LogP) is 3.76. The summed E-state index contributed by atoms with van der Waals surface area (Å²) < 4.78 is 0. The maximum absolute atomic E-state index is 12.3.